The van der Waals surface area contributed by atoms with Gasteiger partial charge in [0.25, 0.3) is 5.91 Å². The van der Waals surface area contributed by atoms with Gasteiger partial charge < -0.3 is 21.1 Å². The molecule has 0 spiro atoms. The number of urea groups is 1. The number of anilines is 2. The van der Waals surface area contributed by atoms with Crippen molar-refractivity contribution >= 4 is 114 Å². The summed E-state index contributed by atoms with van der Waals surface area (Å²) < 4.78 is 3.98. The molecule has 140 valence electrons. The molecule has 4 N–H and O–H groups in total. The molecular weight excluding hydrogens is 802 g/mol. The molecule has 1 aliphatic rings. The van der Waals surface area contributed by atoms with E-state index in [1.807, 2.05) is 12.1 Å². The fourth-order valence-electron chi connectivity index (χ4n) is 2.48. The number of aliphatic hydroxyl groups excluding tert-OH is 1. The number of carbonyl (C=O) groups excluding carboxylic acids is 2. The Morgan fingerprint density at radius 2 is 1.70 bits per heavy atom. The lowest BCUT2D eigenvalue weighted by atomic mass is 10.1. The van der Waals surface area contributed by atoms with Gasteiger partial charge in [-0.1, -0.05) is 18.2 Å². The molecule has 0 saturated carbocycles. The summed E-state index contributed by atoms with van der Waals surface area (Å²) >= 11 is 8.86. The number of nitrogens with one attached hydrogen (secondary N) is 3. The number of fused-ring (bicyclic) bond motifs is 1. The van der Waals surface area contributed by atoms with Crippen molar-refractivity contribution in [2.24, 2.45) is 0 Å². The summed E-state index contributed by atoms with van der Waals surface area (Å²) in [6.07, 6.45) is 1.33. The third-order valence-electron chi connectivity index (χ3n) is 3.74. The summed E-state index contributed by atoms with van der Waals surface area (Å²) in [7, 11) is 0. The van der Waals surface area contributed by atoms with E-state index in [1.54, 1.807) is 18.2 Å². The van der Waals surface area contributed by atoms with Gasteiger partial charge >= 0.3 is 6.03 Å². The summed E-state index contributed by atoms with van der Waals surface area (Å²) in [4.78, 5) is 24.6. The van der Waals surface area contributed by atoms with Crippen LogP contribution in [0.1, 0.15) is 11.6 Å². The highest BCUT2D eigenvalue weighted by molar-refractivity contribution is 14.1. The molecule has 0 aliphatic carbocycles. The maximum atomic E-state index is 12.7. The Morgan fingerprint density at radius 3 is 2.37 bits per heavy atom. The zero-order chi connectivity index (χ0) is 19.7. The molecule has 3 rings (SSSR count). The summed E-state index contributed by atoms with van der Waals surface area (Å²) in [5.74, 6) is -1.05. The van der Waals surface area contributed by atoms with Gasteiger partial charge in [-0.05, 0) is 109 Å². The van der Waals surface area contributed by atoms with Crippen LogP contribution in [-0.4, -0.2) is 17.0 Å². The molecule has 1 heterocycles. The number of rotatable bonds is 2. The maximum absolute atomic E-state index is 12.7. The lowest BCUT2D eigenvalue weighted by molar-refractivity contribution is -0.115. The minimum Gasteiger partial charge on any atom is -0.503 e. The Balaban J connectivity index is 1.89. The predicted molar refractivity (Wildman–Crippen MR) is 138 cm³/mol. The Morgan fingerprint density at radius 1 is 1.07 bits per heavy atom. The molecule has 0 fully saturated rings. The number of para-hydroxylation sites is 1. The van der Waals surface area contributed by atoms with Gasteiger partial charge in [-0.2, -0.15) is 0 Å². The van der Waals surface area contributed by atoms with E-state index < -0.39 is 23.7 Å². The number of benzene rings is 2. The van der Waals surface area contributed by atoms with Gasteiger partial charge in [-0.25, -0.2) is 4.79 Å². The van der Waals surface area contributed by atoms with Crippen molar-refractivity contribution in [3.05, 3.63) is 62.0 Å². The Kier molecular flexibility index (Phi) is 7.10. The SMILES string of the molecule is O=C(Nc1c(I)c(I)cc(I)c1I)NC1C=C(O)C(=O)Nc2ccccc21. The summed E-state index contributed by atoms with van der Waals surface area (Å²) in [6.45, 7) is 0. The van der Waals surface area contributed by atoms with E-state index in [-0.39, 0.29) is 0 Å². The third-order valence-corrected chi connectivity index (χ3v) is 9.74. The average Bonchev–Trinajstić information content (AvgIpc) is 2.74. The van der Waals surface area contributed by atoms with Gasteiger partial charge in [0.1, 0.15) is 0 Å². The molecule has 2 aromatic rings. The number of carbonyl (C=O) groups is 2. The lowest BCUT2D eigenvalue weighted by Gasteiger charge is -2.19. The molecule has 6 nitrogen and oxygen atoms in total. The smallest absolute Gasteiger partial charge is 0.320 e. The second-order valence-electron chi connectivity index (χ2n) is 5.51. The molecule has 2 aromatic carbocycles. The van der Waals surface area contributed by atoms with Crippen molar-refractivity contribution in [1.29, 1.82) is 0 Å². The van der Waals surface area contributed by atoms with E-state index in [1.165, 1.54) is 6.08 Å². The first-order valence-electron chi connectivity index (χ1n) is 7.49. The molecule has 27 heavy (non-hydrogen) atoms. The van der Waals surface area contributed by atoms with Crippen molar-refractivity contribution < 1.29 is 14.7 Å². The van der Waals surface area contributed by atoms with Crippen LogP contribution in [0.2, 0.25) is 0 Å². The van der Waals surface area contributed by atoms with Crippen molar-refractivity contribution in [2.75, 3.05) is 10.6 Å². The zero-order valence-corrected chi connectivity index (χ0v) is 21.9. The first-order chi connectivity index (χ1) is 12.8. The van der Waals surface area contributed by atoms with E-state index in [0.29, 0.717) is 11.3 Å². The number of aliphatic hydroxyl groups is 1. The van der Waals surface area contributed by atoms with Gasteiger partial charge in [0.15, 0.2) is 5.76 Å². The fraction of sp³-hybridized carbons (Fsp3) is 0.0588. The van der Waals surface area contributed by atoms with Crippen LogP contribution in [0, 0.1) is 14.3 Å². The number of amides is 3. The minimum atomic E-state index is -0.655. The van der Waals surface area contributed by atoms with E-state index >= 15 is 0 Å². The van der Waals surface area contributed by atoms with Crippen LogP contribution in [0.15, 0.2) is 42.2 Å². The Hall–Kier alpha value is -0.360. The Labute approximate surface area is 209 Å². The molecule has 10 heteroatoms. The summed E-state index contributed by atoms with van der Waals surface area (Å²) in [6, 6.07) is 8.06. The second kappa shape index (κ2) is 8.98. The number of hydrogen-bond acceptors (Lipinski definition) is 3. The predicted octanol–water partition coefficient (Wildman–Crippen LogP) is 5.36. The van der Waals surface area contributed by atoms with Gasteiger partial charge in [-0.15, -0.1) is 0 Å². The van der Waals surface area contributed by atoms with Crippen molar-refractivity contribution in [2.45, 2.75) is 6.04 Å². The molecule has 0 bridgehead atoms. The Bertz CT molecular complexity index is 952. The molecule has 0 aromatic heterocycles. The highest BCUT2D eigenvalue weighted by Gasteiger charge is 2.24. The van der Waals surface area contributed by atoms with Crippen LogP contribution < -0.4 is 16.0 Å². The van der Waals surface area contributed by atoms with E-state index in [0.717, 1.165) is 20.0 Å². The van der Waals surface area contributed by atoms with Crippen LogP contribution >= 0.6 is 90.4 Å². The molecular formula is C17H11I4N3O3. The minimum absolute atomic E-state index is 0.429. The van der Waals surface area contributed by atoms with Crippen molar-refractivity contribution in [3.63, 3.8) is 0 Å². The van der Waals surface area contributed by atoms with E-state index in [9.17, 15) is 14.7 Å². The quantitative estimate of drug-likeness (QED) is 0.244. The number of halogens is 4. The highest BCUT2D eigenvalue weighted by atomic mass is 127. The molecule has 1 unspecified atom stereocenters. The molecule has 1 aliphatic heterocycles. The zero-order valence-electron chi connectivity index (χ0n) is 13.3. The van der Waals surface area contributed by atoms with E-state index in [4.69, 9.17) is 0 Å². The van der Waals surface area contributed by atoms with Crippen LogP contribution in [0.4, 0.5) is 16.2 Å². The van der Waals surface area contributed by atoms with Gasteiger partial charge in [0, 0.05) is 18.4 Å². The third kappa shape index (κ3) is 4.80. The summed E-state index contributed by atoms with van der Waals surface area (Å²) in [5, 5.41) is 18.3. The molecule has 3 amide bonds. The van der Waals surface area contributed by atoms with Crippen molar-refractivity contribution in [1.82, 2.24) is 5.32 Å². The van der Waals surface area contributed by atoms with Gasteiger partial charge in [-0.3, -0.25) is 4.79 Å². The topological polar surface area (TPSA) is 90.5 Å². The first-order valence-corrected chi connectivity index (χ1v) is 11.8. The fourth-order valence-corrected chi connectivity index (χ4v) is 5.88. The van der Waals surface area contributed by atoms with Crippen molar-refractivity contribution in [3.8, 4) is 0 Å². The van der Waals surface area contributed by atoms with Gasteiger partial charge in [0.05, 0.1) is 18.9 Å². The summed E-state index contributed by atoms with van der Waals surface area (Å²) in [5.41, 5.74) is 1.96. The van der Waals surface area contributed by atoms with Crippen LogP contribution in [-0.2, 0) is 4.79 Å². The van der Waals surface area contributed by atoms with Gasteiger partial charge in [0.2, 0.25) is 0 Å². The van der Waals surface area contributed by atoms with Crippen LogP contribution in [0.5, 0.6) is 0 Å². The molecule has 0 radical (unpaired) electrons. The molecule has 1 atom stereocenters. The number of hydrogen-bond donors (Lipinski definition) is 4. The largest absolute Gasteiger partial charge is 0.503 e. The lowest BCUT2D eigenvalue weighted by Crippen LogP contribution is -2.32. The normalized spacial score (nSPS) is 15.9. The first kappa shape index (κ1) is 21.4. The van der Waals surface area contributed by atoms with E-state index in [2.05, 4.69) is 106 Å². The molecule has 0 saturated heterocycles. The van der Waals surface area contributed by atoms with Crippen LogP contribution in [0.3, 0.4) is 0 Å². The maximum Gasteiger partial charge on any atom is 0.320 e. The standard InChI is InChI=1S/C17H11I4N3O3/c18-8-5-9(19)14(21)15(13(8)20)24-17(27)23-11-6-12(25)16(26)22-10-4-2-1-3-7(10)11/h1-6,11,25H,(H,22,26)(H2,23,24,27). The van der Waals surface area contributed by atoms with Crippen LogP contribution in [0.25, 0.3) is 0 Å². The second-order valence-corrected chi connectivity index (χ2v) is 9.99. The average molecular weight is 813 g/mol. The monoisotopic (exact) mass is 813 g/mol. The highest BCUT2D eigenvalue weighted by Crippen LogP contribution is 2.33.